The molecule has 0 aromatic heterocycles. The zero-order valence-corrected chi connectivity index (χ0v) is 22.8. The number of nitrogens with one attached hydrogen (secondary N) is 2. The minimum Gasteiger partial charge on any atom is -0.493 e. The maximum atomic E-state index is 13.1. The lowest BCUT2D eigenvalue weighted by molar-refractivity contribution is -0.123. The number of carbonyl (C=O) groups is 2. The molecule has 0 saturated heterocycles. The van der Waals surface area contributed by atoms with E-state index in [4.69, 9.17) is 9.47 Å². The van der Waals surface area contributed by atoms with Crippen molar-refractivity contribution in [1.82, 2.24) is 15.5 Å². The Morgan fingerprint density at radius 3 is 2.40 bits per heavy atom. The number of hydrogen-bond acceptors (Lipinski definition) is 5. The van der Waals surface area contributed by atoms with Gasteiger partial charge in [-0.1, -0.05) is 52.4 Å². The predicted molar refractivity (Wildman–Crippen MR) is 141 cm³/mol. The summed E-state index contributed by atoms with van der Waals surface area (Å²) < 4.78 is 11.5. The van der Waals surface area contributed by atoms with Crippen LogP contribution in [0.2, 0.25) is 0 Å². The first kappa shape index (κ1) is 29.0. The van der Waals surface area contributed by atoms with Gasteiger partial charge in [0.1, 0.15) is 6.04 Å². The number of rotatable bonds is 15. The normalized spacial score (nSPS) is 15.6. The highest BCUT2D eigenvalue weighted by Crippen LogP contribution is 2.34. The van der Waals surface area contributed by atoms with E-state index < -0.39 is 6.04 Å². The second kappa shape index (κ2) is 14.3. The van der Waals surface area contributed by atoms with Gasteiger partial charge in [-0.05, 0) is 64.4 Å². The van der Waals surface area contributed by atoms with Crippen molar-refractivity contribution >= 4 is 11.8 Å². The molecule has 1 aromatic rings. The van der Waals surface area contributed by atoms with Crippen LogP contribution in [0.25, 0.3) is 0 Å². The molecule has 0 spiro atoms. The molecule has 35 heavy (non-hydrogen) atoms. The van der Waals surface area contributed by atoms with Crippen molar-refractivity contribution in [2.24, 2.45) is 0 Å². The SMILES string of the molecule is CCCCCCOc1c(C)cc(C(=O)N[C@@H](CCC)C(=O)NCC2(N(C)C)CCCC2)cc1OC. The molecule has 0 aliphatic heterocycles. The van der Waals surface area contributed by atoms with Gasteiger partial charge >= 0.3 is 0 Å². The number of benzene rings is 1. The fourth-order valence-electron chi connectivity index (χ4n) is 4.90. The molecular weight excluding hydrogens is 442 g/mol. The molecular formula is C28H47N3O4. The van der Waals surface area contributed by atoms with Gasteiger partial charge in [-0.25, -0.2) is 0 Å². The third-order valence-corrected chi connectivity index (χ3v) is 7.24. The molecule has 2 N–H and O–H groups in total. The van der Waals surface area contributed by atoms with E-state index >= 15 is 0 Å². The van der Waals surface area contributed by atoms with E-state index in [0.717, 1.165) is 37.7 Å². The molecule has 0 heterocycles. The van der Waals surface area contributed by atoms with E-state index in [2.05, 4.69) is 36.6 Å². The van der Waals surface area contributed by atoms with Gasteiger partial charge in [-0.2, -0.15) is 0 Å². The predicted octanol–water partition coefficient (Wildman–Crippen LogP) is 4.85. The number of hydrogen-bond donors (Lipinski definition) is 2. The van der Waals surface area contributed by atoms with Crippen LogP contribution in [-0.2, 0) is 4.79 Å². The molecule has 0 bridgehead atoms. The Labute approximate surface area is 212 Å². The zero-order chi connectivity index (χ0) is 25.8. The van der Waals surface area contributed by atoms with Crippen LogP contribution < -0.4 is 20.1 Å². The quantitative estimate of drug-likeness (QED) is 0.344. The zero-order valence-electron chi connectivity index (χ0n) is 22.8. The van der Waals surface area contributed by atoms with Gasteiger partial charge in [0.05, 0.1) is 13.7 Å². The monoisotopic (exact) mass is 489 g/mol. The number of unbranched alkanes of at least 4 members (excludes halogenated alkanes) is 3. The van der Waals surface area contributed by atoms with Gasteiger partial charge in [0.15, 0.2) is 11.5 Å². The van der Waals surface area contributed by atoms with E-state index in [-0.39, 0.29) is 17.4 Å². The van der Waals surface area contributed by atoms with E-state index in [1.54, 1.807) is 19.2 Å². The Morgan fingerprint density at radius 1 is 1.09 bits per heavy atom. The summed E-state index contributed by atoms with van der Waals surface area (Å²) in [5.41, 5.74) is 1.32. The molecule has 0 unspecified atom stereocenters. The van der Waals surface area contributed by atoms with Crippen LogP contribution in [0.1, 0.15) is 94.0 Å². The van der Waals surface area contributed by atoms with Gasteiger partial charge in [-0.3, -0.25) is 9.59 Å². The van der Waals surface area contributed by atoms with Crippen LogP contribution in [-0.4, -0.2) is 62.7 Å². The molecule has 1 aliphatic rings. The summed E-state index contributed by atoms with van der Waals surface area (Å²) in [5, 5.41) is 6.08. The van der Waals surface area contributed by atoms with Crippen LogP contribution in [0.5, 0.6) is 11.5 Å². The molecule has 1 saturated carbocycles. The van der Waals surface area contributed by atoms with Gasteiger partial charge in [0.25, 0.3) is 5.91 Å². The summed E-state index contributed by atoms with van der Waals surface area (Å²) in [7, 11) is 5.74. The first-order chi connectivity index (χ1) is 16.8. The Kier molecular flexibility index (Phi) is 11.8. The van der Waals surface area contributed by atoms with Crippen molar-refractivity contribution in [2.75, 3.05) is 34.4 Å². The molecule has 1 aromatic carbocycles. The maximum Gasteiger partial charge on any atom is 0.252 e. The third kappa shape index (κ3) is 8.13. The van der Waals surface area contributed by atoms with Gasteiger partial charge in [0, 0.05) is 17.6 Å². The molecule has 2 amide bonds. The van der Waals surface area contributed by atoms with Crippen molar-refractivity contribution in [1.29, 1.82) is 0 Å². The summed E-state index contributed by atoms with van der Waals surface area (Å²) in [4.78, 5) is 28.4. The number of methoxy groups -OCH3 is 1. The van der Waals surface area contributed by atoms with Crippen molar-refractivity contribution in [2.45, 2.75) is 96.6 Å². The largest absolute Gasteiger partial charge is 0.493 e. The summed E-state index contributed by atoms with van der Waals surface area (Å²) in [6.45, 7) is 7.34. The number of ether oxygens (including phenoxy) is 2. The standard InChI is InChI=1S/C28H47N3O4/c1-7-9-10-13-17-35-25-21(3)18-22(19-24(25)34-6)26(32)30-23(14-8-2)27(33)29-20-28(31(4)5)15-11-12-16-28/h18-19,23H,7-17,20H2,1-6H3,(H,29,33)(H,30,32)/t23-/m0/s1. The lowest BCUT2D eigenvalue weighted by Crippen LogP contribution is -2.54. The van der Waals surface area contributed by atoms with Crippen LogP contribution in [0.15, 0.2) is 12.1 Å². The molecule has 1 fully saturated rings. The molecule has 1 atom stereocenters. The van der Waals surface area contributed by atoms with Crippen molar-refractivity contribution in [3.05, 3.63) is 23.3 Å². The summed E-state index contributed by atoms with van der Waals surface area (Å²) >= 11 is 0. The van der Waals surface area contributed by atoms with Crippen molar-refractivity contribution in [3.63, 3.8) is 0 Å². The number of amides is 2. The van der Waals surface area contributed by atoms with Crippen molar-refractivity contribution < 1.29 is 19.1 Å². The smallest absolute Gasteiger partial charge is 0.252 e. The molecule has 198 valence electrons. The maximum absolute atomic E-state index is 13.1. The van der Waals surface area contributed by atoms with Gasteiger partial charge in [0.2, 0.25) is 5.91 Å². The number of nitrogens with zero attached hydrogens (tertiary/aromatic N) is 1. The van der Waals surface area contributed by atoms with Crippen LogP contribution in [0.4, 0.5) is 0 Å². The average Bonchev–Trinajstić information content (AvgIpc) is 3.33. The van der Waals surface area contributed by atoms with E-state index in [0.29, 0.717) is 36.6 Å². The molecule has 7 heteroatoms. The first-order valence-corrected chi connectivity index (χ1v) is 13.4. The Hall–Kier alpha value is -2.28. The van der Waals surface area contributed by atoms with E-state index in [9.17, 15) is 9.59 Å². The third-order valence-electron chi connectivity index (χ3n) is 7.24. The highest BCUT2D eigenvalue weighted by Gasteiger charge is 2.36. The molecule has 0 radical (unpaired) electrons. The summed E-state index contributed by atoms with van der Waals surface area (Å²) in [6.07, 6.45) is 10.4. The van der Waals surface area contributed by atoms with Crippen LogP contribution in [0, 0.1) is 6.92 Å². The van der Waals surface area contributed by atoms with Crippen molar-refractivity contribution in [3.8, 4) is 11.5 Å². The van der Waals surface area contributed by atoms with Crippen LogP contribution >= 0.6 is 0 Å². The second-order valence-corrected chi connectivity index (χ2v) is 10.1. The second-order valence-electron chi connectivity index (χ2n) is 10.1. The Bertz CT molecular complexity index is 819. The average molecular weight is 490 g/mol. The van der Waals surface area contributed by atoms with E-state index in [1.165, 1.54) is 25.7 Å². The van der Waals surface area contributed by atoms with Gasteiger partial charge in [-0.15, -0.1) is 0 Å². The Balaban J connectivity index is 2.05. The first-order valence-electron chi connectivity index (χ1n) is 13.4. The minimum absolute atomic E-state index is 0.00722. The number of carbonyl (C=O) groups excluding carboxylic acids is 2. The lowest BCUT2D eigenvalue weighted by Gasteiger charge is -2.37. The summed E-state index contributed by atoms with van der Waals surface area (Å²) in [6, 6.07) is 2.93. The fraction of sp³-hybridized carbons (Fsp3) is 0.714. The number of aryl methyl sites for hydroxylation is 1. The number of likely N-dealkylation sites (N-methyl/N-ethyl adjacent to an activating group) is 1. The lowest BCUT2D eigenvalue weighted by atomic mass is 9.95. The highest BCUT2D eigenvalue weighted by molar-refractivity contribution is 5.98. The van der Waals surface area contributed by atoms with E-state index in [1.807, 2.05) is 13.8 Å². The van der Waals surface area contributed by atoms with Gasteiger partial charge < -0.3 is 25.0 Å². The fourth-order valence-corrected chi connectivity index (χ4v) is 4.90. The topological polar surface area (TPSA) is 79.9 Å². The Morgan fingerprint density at radius 2 is 1.80 bits per heavy atom. The minimum atomic E-state index is -0.575. The molecule has 1 aliphatic carbocycles. The highest BCUT2D eigenvalue weighted by atomic mass is 16.5. The summed E-state index contributed by atoms with van der Waals surface area (Å²) in [5.74, 6) is 0.812. The van der Waals surface area contributed by atoms with Crippen LogP contribution in [0.3, 0.4) is 0 Å². The molecule has 7 nitrogen and oxygen atoms in total. The molecule has 2 rings (SSSR count).